The average Bonchev–Trinajstić information content (AvgIpc) is 3.17. The van der Waals surface area contributed by atoms with Crippen LogP contribution in [0.4, 0.5) is 0 Å². The molecule has 1 aliphatic rings. The molecule has 1 aliphatic heterocycles. The summed E-state index contributed by atoms with van der Waals surface area (Å²) in [6, 6.07) is 2.12. The number of thiazole rings is 1. The van der Waals surface area contributed by atoms with Crippen molar-refractivity contribution in [3.63, 3.8) is 0 Å². The van der Waals surface area contributed by atoms with E-state index in [1.807, 2.05) is 0 Å². The Kier molecular flexibility index (Phi) is 5.38. The fraction of sp³-hybridized carbons (Fsp3) is 0.533. The lowest BCUT2D eigenvalue weighted by atomic mass is 10.1. The number of aromatic nitrogens is 1. The van der Waals surface area contributed by atoms with Crippen LogP contribution in [0.2, 0.25) is 0 Å². The van der Waals surface area contributed by atoms with Gasteiger partial charge in [0.05, 0.1) is 25.0 Å². The second-order valence-corrected chi connectivity index (χ2v) is 6.86. The minimum atomic E-state index is 0.115. The van der Waals surface area contributed by atoms with Crippen molar-refractivity contribution in [3.8, 4) is 10.6 Å². The third kappa shape index (κ3) is 4.11. The van der Waals surface area contributed by atoms with E-state index < -0.39 is 0 Å². The molecule has 0 radical (unpaired) electrons. The Bertz CT molecular complexity index is 534. The van der Waals surface area contributed by atoms with Crippen molar-refractivity contribution in [3.05, 3.63) is 27.9 Å². The average molecular weight is 324 g/mol. The first-order valence-electron chi connectivity index (χ1n) is 7.27. The molecule has 0 bridgehead atoms. The molecule has 3 heterocycles. The van der Waals surface area contributed by atoms with Crippen LogP contribution in [0.25, 0.3) is 10.6 Å². The predicted molar refractivity (Wildman–Crippen MR) is 86.8 cm³/mol. The molecule has 0 saturated carbocycles. The Hall–Kier alpha value is -0.790. The molecule has 6 heteroatoms. The number of aliphatic hydroxyl groups excluding tert-OH is 1. The second-order valence-electron chi connectivity index (χ2n) is 5.23. The molecule has 0 spiro atoms. The first kappa shape index (κ1) is 15.1. The van der Waals surface area contributed by atoms with Crippen molar-refractivity contribution >= 4 is 22.7 Å². The minimum Gasteiger partial charge on any atom is -0.394 e. The highest BCUT2D eigenvalue weighted by molar-refractivity contribution is 7.14. The highest BCUT2D eigenvalue weighted by atomic mass is 32.1. The number of hydrogen-bond donors (Lipinski definition) is 1. The first-order valence-corrected chi connectivity index (χ1v) is 9.09. The summed E-state index contributed by atoms with van der Waals surface area (Å²) in [7, 11) is 0. The Balaban J connectivity index is 1.49. The molecular weight excluding hydrogens is 304 g/mol. The number of likely N-dealkylation sites (tertiary alicyclic amines) is 1. The van der Waals surface area contributed by atoms with Gasteiger partial charge in [-0.25, -0.2) is 4.98 Å². The van der Waals surface area contributed by atoms with Crippen LogP contribution >= 0.6 is 22.7 Å². The van der Waals surface area contributed by atoms with Crippen LogP contribution in [0.15, 0.2) is 22.2 Å². The maximum absolute atomic E-state index is 8.78. The molecule has 114 valence electrons. The normalized spacial score (nSPS) is 17.4. The van der Waals surface area contributed by atoms with E-state index in [0.29, 0.717) is 12.7 Å². The lowest BCUT2D eigenvalue weighted by Crippen LogP contribution is -2.37. The van der Waals surface area contributed by atoms with Crippen molar-refractivity contribution in [2.45, 2.75) is 25.5 Å². The molecular formula is C15H20N2O2S2. The van der Waals surface area contributed by atoms with E-state index in [9.17, 15) is 0 Å². The smallest absolute Gasteiger partial charge is 0.124 e. The molecule has 0 unspecified atom stereocenters. The summed E-state index contributed by atoms with van der Waals surface area (Å²) in [6.45, 7) is 3.58. The SMILES string of the molecule is OCCOC1CCN(Cc2csc(-c3ccsc3)n2)CC1. The molecule has 0 aliphatic carbocycles. The number of hydrogen-bond acceptors (Lipinski definition) is 6. The summed E-state index contributed by atoms with van der Waals surface area (Å²) in [6.07, 6.45) is 2.40. The van der Waals surface area contributed by atoms with Gasteiger partial charge in [0, 0.05) is 36.0 Å². The van der Waals surface area contributed by atoms with Gasteiger partial charge in [-0.2, -0.15) is 11.3 Å². The maximum atomic E-state index is 8.78. The Labute approximate surface area is 133 Å². The Morgan fingerprint density at radius 1 is 1.33 bits per heavy atom. The van der Waals surface area contributed by atoms with Crippen molar-refractivity contribution in [1.29, 1.82) is 0 Å². The molecule has 4 nitrogen and oxygen atoms in total. The molecule has 1 saturated heterocycles. The fourth-order valence-corrected chi connectivity index (χ4v) is 4.10. The van der Waals surface area contributed by atoms with E-state index in [1.165, 1.54) is 5.56 Å². The fourth-order valence-electron chi connectivity index (χ4n) is 2.58. The Morgan fingerprint density at radius 2 is 2.19 bits per heavy atom. The summed E-state index contributed by atoms with van der Waals surface area (Å²) >= 11 is 3.43. The van der Waals surface area contributed by atoms with Gasteiger partial charge in [0.2, 0.25) is 0 Å². The molecule has 0 atom stereocenters. The van der Waals surface area contributed by atoms with E-state index >= 15 is 0 Å². The molecule has 1 fully saturated rings. The van der Waals surface area contributed by atoms with Gasteiger partial charge >= 0.3 is 0 Å². The Morgan fingerprint density at radius 3 is 2.90 bits per heavy atom. The second kappa shape index (κ2) is 7.47. The maximum Gasteiger partial charge on any atom is 0.124 e. The van der Waals surface area contributed by atoms with Crippen LogP contribution in [0, 0.1) is 0 Å². The summed E-state index contributed by atoms with van der Waals surface area (Å²) < 4.78 is 5.59. The number of piperidine rings is 1. The predicted octanol–water partition coefficient (Wildman–Crippen LogP) is 2.84. The van der Waals surface area contributed by atoms with Gasteiger partial charge in [-0.15, -0.1) is 11.3 Å². The molecule has 1 N–H and O–H groups in total. The van der Waals surface area contributed by atoms with Crippen LogP contribution in [0.3, 0.4) is 0 Å². The van der Waals surface area contributed by atoms with Crippen LogP contribution in [0.5, 0.6) is 0 Å². The summed E-state index contributed by atoms with van der Waals surface area (Å²) in [5.74, 6) is 0. The van der Waals surface area contributed by atoms with Gasteiger partial charge in [0.1, 0.15) is 5.01 Å². The van der Waals surface area contributed by atoms with Crippen molar-refractivity contribution in [1.82, 2.24) is 9.88 Å². The van der Waals surface area contributed by atoms with Gasteiger partial charge < -0.3 is 9.84 Å². The van der Waals surface area contributed by atoms with Crippen molar-refractivity contribution in [2.24, 2.45) is 0 Å². The van der Waals surface area contributed by atoms with Crippen LogP contribution in [-0.2, 0) is 11.3 Å². The summed E-state index contributed by atoms with van der Waals surface area (Å²) in [5.41, 5.74) is 2.39. The first-order chi connectivity index (χ1) is 10.3. The topological polar surface area (TPSA) is 45.6 Å². The van der Waals surface area contributed by atoms with Gasteiger partial charge in [0.15, 0.2) is 0 Å². The van der Waals surface area contributed by atoms with Crippen molar-refractivity contribution in [2.75, 3.05) is 26.3 Å². The summed E-state index contributed by atoms with van der Waals surface area (Å²) in [5, 5.41) is 16.3. The lowest BCUT2D eigenvalue weighted by molar-refractivity contribution is -0.00916. The molecule has 2 aromatic heterocycles. The minimum absolute atomic E-state index is 0.115. The van der Waals surface area contributed by atoms with E-state index in [-0.39, 0.29) is 6.61 Å². The molecule has 2 aromatic rings. The number of ether oxygens (including phenoxy) is 1. The lowest BCUT2D eigenvalue weighted by Gasteiger charge is -2.31. The monoisotopic (exact) mass is 324 g/mol. The zero-order valence-corrected chi connectivity index (χ0v) is 13.5. The number of thiophene rings is 1. The van der Waals surface area contributed by atoms with E-state index in [1.54, 1.807) is 22.7 Å². The number of aliphatic hydroxyl groups is 1. The van der Waals surface area contributed by atoms with Gasteiger partial charge in [-0.05, 0) is 24.3 Å². The number of nitrogens with zero attached hydrogens (tertiary/aromatic N) is 2. The van der Waals surface area contributed by atoms with Crippen LogP contribution in [-0.4, -0.2) is 47.4 Å². The molecule has 21 heavy (non-hydrogen) atoms. The highest BCUT2D eigenvalue weighted by Crippen LogP contribution is 2.26. The third-order valence-electron chi connectivity index (χ3n) is 3.68. The van der Waals surface area contributed by atoms with Gasteiger partial charge in [-0.1, -0.05) is 0 Å². The van der Waals surface area contributed by atoms with Gasteiger partial charge in [-0.3, -0.25) is 4.90 Å². The van der Waals surface area contributed by atoms with E-state index in [0.717, 1.165) is 43.2 Å². The van der Waals surface area contributed by atoms with Crippen molar-refractivity contribution < 1.29 is 9.84 Å². The zero-order valence-electron chi connectivity index (χ0n) is 11.9. The van der Waals surface area contributed by atoms with Crippen LogP contribution < -0.4 is 0 Å². The molecule has 0 amide bonds. The van der Waals surface area contributed by atoms with Crippen LogP contribution in [0.1, 0.15) is 18.5 Å². The highest BCUT2D eigenvalue weighted by Gasteiger charge is 2.20. The quantitative estimate of drug-likeness (QED) is 0.887. The third-order valence-corrected chi connectivity index (χ3v) is 5.31. The van der Waals surface area contributed by atoms with E-state index in [2.05, 4.69) is 27.1 Å². The molecule has 0 aromatic carbocycles. The van der Waals surface area contributed by atoms with E-state index in [4.69, 9.17) is 14.8 Å². The summed E-state index contributed by atoms with van der Waals surface area (Å²) in [4.78, 5) is 7.17. The van der Waals surface area contributed by atoms with Gasteiger partial charge in [0.25, 0.3) is 0 Å². The largest absolute Gasteiger partial charge is 0.394 e. The molecule has 3 rings (SSSR count). The zero-order chi connectivity index (χ0) is 14.5. The standard InChI is InChI=1S/C15H20N2O2S2/c18-6-7-19-14-1-4-17(5-2-14)9-13-11-21-15(16-13)12-3-8-20-10-12/h3,8,10-11,14,18H,1-2,4-7,9H2. The number of rotatable bonds is 6.